The summed E-state index contributed by atoms with van der Waals surface area (Å²) in [5, 5.41) is 12.4. The van der Waals surface area contributed by atoms with E-state index in [0.717, 1.165) is 19.4 Å². The van der Waals surface area contributed by atoms with Gasteiger partial charge in [-0.25, -0.2) is 5.32 Å². The Morgan fingerprint density at radius 2 is 2.56 bits per heavy atom. The molecule has 1 heterocycles. The van der Waals surface area contributed by atoms with Gasteiger partial charge in [0.2, 0.25) is 0 Å². The van der Waals surface area contributed by atoms with Crippen LogP contribution >= 0.6 is 0 Å². The van der Waals surface area contributed by atoms with E-state index < -0.39 is 0 Å². The van der Waals surface area contributed by atoms with Gasteiger partial charge < -0.3 is 5.11 Å². The summed E-state index contributed by atoms with van der Waals surface area (Å²) in [6.07, 6.45) is 1.83. The van der Waals surface area contributed by atoms with Gasteiger partial charge in [0.15, 0.2) is 5.78 Å². The number of hydrogen-bond acceptors (Lipinski definition) is 2. The Morgan fingerprint density at radius 3 is 3.00 bits per heavy atom. The topological polar surface area (TPSA) is 51.4 Å². The smallest absolute Gasteiger partial charge is 0.176 e. The van der Waals surface area contributed by atoms with Crippen LogP contribution in [0.3, 0.4) is 0 Å². The number of rotatable bonds is 2. The van der Waals surface area contributed by atoms with Gasteiger partial charge >= 0.3 is 0 Å². The van der Waals surface area contributed by atoms with E-state index in [9.17, 15) is 4.79 Å². The van der Waals surface area contributed by atoms with Crippen LogP contribution in [0.1, 0.15) is 12.8 Å². The van der Waals surface area contributed by atoms with Crippen molar-refractivity contribution >= 4 is 5.78 Å². The summed E-state index contributed by atoms with van der Waals surface area (Å²) in [7, 11) is 0. The molecule has 0 aromatic heterocycles. The van der Waals surface area contributed by atoms with Crippen molar-refractivity contribution in [2.45, 2.75) is 18.9 Å². The number of Topliss-reactive ketones (excluding diaryl/α,β-unsaturated/α-hetero) is 1. The molecule has 1 fully saturated rings. The van der Waals surface area contributed by atoms with E-state index in [2.05, 4.69) is 5.32 Å². The predicted octanol–water partition coefficient (Wildman–Crippen LogP) is -0.685. The maximum atomic E-state index is 10.7. The lowest BCUT2D eigenvalue weighted by Crippen LogP contribution is -2.27. The van der Waals surface area contributed by atoms with E-state index in [4.69, 9.17) is 5.11 Å². The largest absolute Gasteiger partial charge is 0.389 e. The number of carbonyl (C=O) groups is 1. The minimum absolute atomic E-state index is 0.132. The quantitative estimate of drug-likeness (QED) is 0.535. The van der Waals surface area contributed by atoms with Crippen LogP contribution in [0.15, 0.2) is 0 Å². The van der Waals surface area contributed by atoms with E-state index in [1.165, 1.54) is 0 Å². The van der Waals surface area contributed by atoms with Crippen molar-refractivity contribution in [2.75, 3.05) is 13.2 Å². The van der Waals surface area contributed by atoms with Crippen molar-refractivity contribution < 1.29 is 9.90 Å². The molecule has 9 heavy (non-hydrogen) atoms. The van der Waals surface area contributed by atoms with Gasteiger partial charge in [-0.05, 0) is 12.8 Å². The normalized spacial score (nSPS) is 26.6. The summed E-state index contributed by atoms with van der Waals surface area (Å²) in [4.78, 5) is 10.7. The third-order valence-corrected chi connectivity index (χ3v) is 1.51. The van der Waals surface area contributed by atoms with Crippen LogP contribution in [0.2, 0.25) is 0 Å². The average Bonchev–Trinajstić information content (AvgIpc) is 2.37. The van der Waals surface area contributed by atoms with Crippen LogP contribution in [-0.2, 0) is 4.79 Å². The van der Waals surface area contributed by atoms with Crippen LogP contribution < -0.4 is 5.32 Å². The van der Waals surface area contributed by atoms with Gasteiger partial charge in [0.05, 0.1) is 6.04 Å². The molecule has 51 valence electrons. The predicted molar refractivity (Wildman–Crippen MR) is 32.1 cm³/mol. The van der Waals surface area contributed by atoms with Gasteiger partial charge in [-0.1, -0.05) is 0 Å². The molecule has 0 aliphatic carbocycles. The molecular formula is C6H10NO2. The number of aliphatic hydroxyl groups excluding tert-OH is 1. The number of nitrogens with zero attached hydrogens (tertiary/aromatic N) is 1. The monoisotopic (exact) mass is 128 g/mol. The van der Waals surface area contributed by atoms with Crippen molar-refractivity contribution in [3.8, 4) is 0 Å². The zero-order valence-corrected chi connectivity index (χ0v) is 5.21. The fraction of sp³-hybridized carbons (Fsp3) is 0.833. The molecule has 1 saturated heterocycles. The zero-order valence-electron chi connectivity index (χ0n) is 5.21. The second-order valence-electron chi connectivity index (χ2n) is 2.19. The molecule has 1 radical (unpaired) electrons. The maximum absolute atomic E-state index is 10.7. The molecule has 1 aliphatic heterocycles. The van der Waals surface area contributed by atoms with Crippen LogP contribution in [0.4, 0.5) is 0 Å². The standard InChI is InChI=1S/C6H10NO2/c8-4-6(9)5-2-1-3-7-5/h5,8H,1-4H2/t5-/m0/s1. The van der Waals surface area contributed by atoms with Crippen molar-refractivity contribution in [3.05, 3.63) is 0 Å². The highest BCUT2D eigenvalue weighted by Crippen LogP contribution is 2.06. The highest BCUT2D eigenvalue weighted by Gasteiger charge is 2.21. The number of hydrogen-bond donors (Lipinski definition) is 1. The molecule has 0 bridgehead atoms. The molecule has 1 atom stereocenters. The Kier molecular flexibility index (Phi) is 2.19. The number of aliphatic hydroxyl groups is 1. The molecule has 3 heteroatoms. The Hall–Kier alpha value is -0.410. The Balaban J connectivity index is 2.32. The summed E-state index contributed by atoms with van der Waals surface area (Å²) in [5.41, 5.74) is 0. The number of carbonyl (C=O) groups excluding carboxylic acids is 1. The van der Waals surface area contributed by atoms with E-state index in [1.54, 1.807) is 0 Å². The maximum Gasteiger partial charge on any atom is 0.176 e. The van der Waals surface area contributed by atoms with Gasteiger partial charge in [0, 0.05) is 6.54 Å². The summed E-state index contributed by atoms with van der Waals surface area (Å²) in [6, 6.07) is -0.185. The van der Waals surface area contributed by atoms with Crippen LogP contribution in [0.25, 0.3) is 0 Å². The first-order chi connectivity index (χ1) is 4.34. The fourth-order valence-electron chi connectivity index (χ4n) is 0.991. The van der Waals surface area contributed by atoms with Gasteiger partial charge in [0.25, 0.3) is 0 Å². The van der Waals surface area contributed by atoms with Gasteiger partial charge in [-0.15, -0.1) is 0 Å². The second-order valence-corrected chi connectivity index (χ2v) is 2.19. The van der Waals surface area contributed by atoms with E-state index in [1.807, 2.05) is 0 Å². The van der Waals surface area contributed by atoms with Crippen LogP contribution in [-0.4, -0.2) is 30.1 Å². The lowest BCUT2D eigenvalue weighted by molar-refractivity contribution is -0.123. The van der Waals surface area contributed by atoms with Crippen molar-refractivity contribution in [2.24, 2.45) is 0 Å². The van der Waals surface area contributed by atoms with E-state index >= 15 is 0 Å². The average molecular weight is 128 g/mol. The van der Waals surface area contributed by atoms with E-state index in [-0.39, 0.29) is 18.4 Å². The van der Waals surface area contributed by atoms with Gasteiger partial charge in [-0.3, -0.25) is 4.79 Å². The molecule has 0 aromatic rings. The van der Waals surface area contributed by atoms with Crippen LogP contribution in [0, 0.1) is 0 Å². The molecule has 1 aliphatic rings. The highest BCUT2D eigenvalue weighted by atomic mass is 16.3. The molecule has 1 N–H and O–H groups in total. The molecule has 0 unspecified atom stereocenters. The first-order valence-corrected chi connectivity index (χ1v) is 3.15. The first-order valence-electron chi connectivity index (χ1n) is 3.15. The van der Waals surface area contributed by atoms with Crippen molar-refractivity contribution in [1.82, 2.24) is 5.32 Å². The summed E-state index contributed by atoms with van der Waals surface area (Å²) in [6.45, 7) is 0.435. The summed E-state index contributed by atoms with van der Waals surface area (Å²) >= 11 is 0. The zero-order chi connectivity index (χ0) is 6.69. The summed E-state index contributed by atoms with van der Waals surface area (Å²) in [5.74, 6) is -0.132. The Bertz CT molecular complexity index is 108. The number of ketones is 1. The fourth-order valence-corrected chi connectivity index (χ4v) is 0.991. The molecule has 0 spiro atoms. The Morgan fingerprint density at radius 1 is 1.78 bits per heavy atom. The Labute approximate surface area is 54.1 Å². The minimum Gasteiger partial charge on any atom is -0.389 e. The minimum atomic E-state index is -0.353. The lowest BCUT2D eigenvalue weighted by atomic mass is 10.1. The molecule has 1 rings (SSSR count). The summed E-state index contributed by atoms with van der Waals surface area (Å²) < 4.78 is 0. The first kappa shape index (κ1) is 6.71. The molecule has 3 nitrogen and oxygen atoms in total. The van der Waals surface area contributed by atoms with Gasteiger partial charge in [0.1, 0.15) is 6.61 Å². The molecule has 0 aromatic carbocycles. The third kappa shape index (κ3) is 1.50. The molecule has 0 amide bonds. The van der Waals surface area contributed by atoms with Crippen LogP contribution in [0.5, 0.6) is 0 Å². The van der Waals surface area contributed by atoms with E-state index in [0.29, 0.717) is 0 Å². The van der Waals surface area contributed by atoms with Gasteiger partial charge in [-0.2, -0.15) is 0 Å². The van der Waals surface area contributed by atoms with Crippen molar-refractivity contribution in [3.63, 3.8) is 0 Å². The second kappa shape index (κ2) is 2.94. The van der Waals surface area contributed by atoms with Crippen molar-refractivity contribution in [1.29, 1.82) is 0 Å². The third-order valence-electron chi connectivity index (χ3n) is 1.51. The molecular weight excluding hydrogens is 118 g/mol. The highest BCUT2D eigenvalue weighted by molar-refractivity contribution is 5.85. The SMILES string of the molecule is O=C(CO)[C@@H]1CCC[N]1. The lowest BCUT2D eigenvalue weighted by Gasteiger charge is -2.02. The molecule has 0 saturated carbocycles.